The van der Waals surface area contributed by atoms with E-state index in [9.17, 15) is 0 Å². The van der Waals surface area contributed by atoms with Crippen LogP contribution in [-0.2, 0) is 19.5 Å². The number of fused-ring (bicyclic) bond motifs is 3. The molecule has 6 heterocycles. The van der Waals surface area contributed by atoms with Gasteiger partial charge in [0.25, 0.3) is 0 Å². The van der Waals surface area contributed by atoms with Crippen LogP contribution in [0.25, 0.3) is 34.2 Å². The molecule has 0 unspecified atom stereocenters. The summed E-state index contributed by atoms with van der Waals surface area (Å²) in [5.41, 5.74) is 9.28. The van der Waals surface area contributed by atoms with Crippen molar-refractivity contribution in [1.29, 1.82) is 0 Å². The largest absolute Gasteiger partial charge is 2.00 e. The number of aliphatic imine (C=N–C) groups is 1. The first-order valence-corrected chi connectivity index (χ1v) is 14.6. The topological polar surface area (TPSA) is 98.9 Å². The number of hydrogen-bond acceptors (Lipinski definition) is 8. The van der Waals surface area contributed by atoms with Gasteiger partial charge in [-0.3, -0.25) is 29.9 Å². The molecule has 1 aliphatic carbocycles. The second-order valence-corrected chi connectivity index (χ2v) is 9.82. The minimum Gasteiger partial charge on any atom is -0.497 e. The van der Waals surface area contributed by atoms with Crippen molar-refractivity contribution in [3.8, 4) is 39.9 Å². The van der Waals surface area contributed by atoms with Gasteiger partial charge in [0.2, 0.25) is 0 Å². The third-order valence-corrected chi connectivity index (χ3v) is 6.85. The molecule has 0 saturated carbocycles. The molecule has 0 N–H and O–H groups in total. The third kappa shape index (κ3) is 8.28. The van der Waals surface area contributed by atoms with Crippen LogP contribution < -0.4 is 4.74 Å². The number of methoxy groups -OCH3 is 1. The van der Waals surface area contributed by atoms with Crippen molar-refractivity contribution < 1.29 is 24.2 Å². The second-order valence-electron chi connectivity index (χ2n) is 9.82. The standard InChI is InChI=1S/C18H13N3O.2C10H8N2.Ru/c1-22-13-8-6-12(7-9-13)21-16-14-4-2-10-19-17(14)18-15(16)5-3-11-20-18;2*1-3-7-11-9(5-1)10-6-2-4-8-12-10;/h2-11H,1H3;2*1-8H;/q;;;+2. The number of hydrogen-bond donors (Lipinski definition) is 0. The summed E-state index contributed by atoms with van der Waals surface area (Å²) in [5.74, 6) is 0.819. The van der Waals surface area contributed by atoms with Crippen molar-refractivity contribution >= 4 is 11.4 Å². The van der Waals surface area contributed by atoms with Gasteiger partial charge in [-0.15, -0.1) is 0 Å². The summed E-state index contributed by atoms with van der Waals surface area (Å²) in [6.45, 7) is 0. The van der Waals surface area contributed by atoms with Crippen molar-refractivity contribution in [3.05, 3.63) is 170 Å². The molecule has 47 heavy (non-hydrogen) atoms. The van der Waals surface area contributed by atoms with Crippen molar-refractivity contribution in [2.24, 2.45) is 4.99 Å². The van der Waals surface area contributed by atoms with Crippen LogP contribution in [0.15, 0.2) is 164 Å². The Labute approximate surface area is 286 Å². The van der Waals surface area contributed by atoms with Gasteiger partial charge in [-0.1, -0.05) is 24.3 Å². The zero-order chi connectivity index (χ0) is 31.4. The summed E-state index contributed by atoms with van der Waals surface area (Å²) in [5, 5.41) is 0. The number of benzene rings is 1. The van der Waals surface area contributed by atoms with Gasteiger partial charge in [0.15, 0.2) is 0 Å². The molecule has 1 aromatic carbocycles. The van der Waals surface area contributed by atoms with E-state index in [0.29, 0.717) is 0 Å². The molecule has 228 valence electrons. The maximum absolute atomic E-state index is 5.18. The summed E-state index contributed by atoms with van der Waals surface area (Å²) >= 11 is 0. The molecule has 0 spiro atoms. The van der Waals surface area contributed by atoms with Gasteiger partial charge in [-0.05, 0) is 97.1 Å². The molecule has 8 nitrogen and oxygen atoms in total. The smallest absolute Gasteiger partial charge is 0.497 e. The van der Waals surface area contributed by atoms with Gasteiger partial charge in [-0.2, -0.15) is 0 Å². The summed E-state index contributed by atoms with van der Waals surface area (Å²) < 4.78 is 5.18. The van der Waals surface area contributed by atoms with E-state index in [2.05, 4.69) is 29.9 Å². The van der Waals surface area contributed by atoms with Crippen LogP contribution in [0.2, 0.25) is 0 Å². The van der Waals surface area contributed by atoms with E-state index >= 15 is 0 Å². The molecular formula is C38H29N7ORu+2. The summed E-state index contributed by atoms with van der Waals surface area (Å²) in [7, 11) is 1.65. The molecule has 7 aromatic rings. The van der Waals surface area contributed by atoms with Crippen LogP contribution in [0.3, 0.4) is 0 Å². The van der Waals surface area contributed by atoms with E-state index in [-0.39, 0.29) is 19.5 Å². The van der Waals surface area contributed by atoms with E-state index in [1.54, 1.807) is 44.3 Å². The fourth-order valence-corrected chi connectivity index (χ4v) is 4.68. The van der Waals surface area contributed by atoms with Gasteiger partial charge in [-0.25, -0.2) is 4.99 Å². The van der Waals surface area contributed by atoms with E-state index in [0.717, 1.165) is 62.4 Å². The van der Waals surface area contributed by atoms with Crippen LogP contribution in [0.5, 0.6) is 5.75 Å². The number of aromatic nitrogens is 6. The number of ether oxygens (including phenoxy) is 1. The molecule has 6 aromatic heterocycles. The third-order valence-electron chi connectivity index (χ3n) is 6.85. The van der Waals surface area contributed by atoms with Crippen molar-refractivity contribution in [2.75, 3.05) is 7.11 Å². The molecule has 0 fully saturated rings. The first-order chi connectivity index (χ1) is 22.8. The average Bonchev–Trinajstić information content (AvgIpc) is 3.47. The summed E-state index contributed by atoms with van der Waals surface area (Å²) in [6.07, 6.45) is 10.6. The number of rotatable bonds is 4. The molecular weight excluding hydrogens is 672 g/mol. The second kappa shape index (κ2) is 16.5. The quantitative estimate of drug-likeness (QED) is 0.172. The molecule has 9 heteroatoms. The first-order valence-electron chi connectivity index (χ1n) is 14.6. The predicted molar refractivity (Wildman–Crippen MR) is 181 cm³/mol. The van der Waals surface area contributed by atoms with Crippen LogP contribution in [-0.4, -0.2) is 42.7 Å². The maximum Gasteiger partial charge on any atom is 2.00 e. The van der Waals surface area contributed by atoms with E-state index in [1.165, 1.54) is 0 Å². The minimum absolute atomic E-state index is 0. The Bertz CT molecular complexity index is 1810. The average molecular weight is 701 g/mol. The SMILES string of the molecule is COc1ccc(N=C2c3cccnc3-c3ncccc32)cc1.[Ru+2].c1ccc(-c2ccccn2)nc1.c1ccc(-c2ccccn2)nc1. The van der Waals surface area contributed by atoms with Crippen LogP contribution in [0.1, 0.15) is 11.1 Å². The Morgan fingerprint density at radius 1 is 0.426 bits per heavy atom. The summed E-state index contributed by atoms with van der Waals surface area (Å²) in [6, 6.07) is 38.8. The number of pyridine rings is 6. The Kier molecular flexibility index (Phi) is 11.4. The Hall–Kier alpha value is -5.79. The van der Waals surface area contributed by atoms with Crippen LogP contribution in [0.4, 0.5) is 5.69 Å². The van der Waals surface area contributed by atoms with E-state index in [1.807, 2.05) is 121 Å². The van der Waals surface area contributed by atoms with Gasteiger partial charge >= 0.3 is 19.5 Å². The van der Waals surface area contributed by atoms with Crippen molar-refractivity contribution in [2.45, 2.75) is 0 Å². The number of nitrogens with zero attached hydrogens (tertiary/aromatic N) is 7. The maximum atomic E-state index is 5.18. The Morgan fingerprint density at radius 3 is 1.15 bits per heavy atom. The Morgan fingerprint density at radius 2 is 0.809 bits per heavy atom. The summed E-state index contributed by atoms with van der Waals surface area (Å²) in [4.78, 5) is 30.5. The normalized spacial score (nSPS) is 10.4. The minimum atomic E-state index is 0. The van der Waals surface area contributed by atoms with Gasteiger partial charge < -0.3 is 4.74 Å². The fourth-order valence-electron chi connectivity index (χ4n) is 4.68. The molecule has 0 atom stereocenters. The molecule has 0 aliphatic heterocycles. The van der Waals surface area contributed by atoms with E-state index < -0.39 is 0 Å². The predicted octanol–water partition coefficient (Wildman–Crippen LogP) is 7.92. The first kappa shape index (κ1) is 32.6. The Balaban J connectivity index is 0.000000148. The molecule has 1 aliphatic rings. The molecule has 0 saturated heterocycles. The fraction of sp³-hybridized carbons (Fsp3) is 0.0263. The van der Waals surface area contributed by atoms with Crippen molar-refractivity contribution in [1.82, 2.24) is 29.9 Å². The molecule has 0 bridgehead atoms. The zero-order valence-electron chi connectivity index (χ0n) is 25.4. The monoisotopic (exact) mass is 701 g/mol. The van der Waals surface area contributed by atoms with E-state index in [4.69, 9.17) is 9.73 Å². The van der Waals surface area contributed by atoms with Gasteiger partial charge in [0, 0.05) is 48.3 Å². The molecule has 0 amide bonds. The van der Waals surface area contributed by atoms with Crippen molar-refractivity contribution in [3.63, 3.8) is 0 Å². The van der Waals surface area contributed by atoms with Crippen LogP contribution >= 0.6 is 0 Å². The van der Waals surface area contributed by atoms with Gasteiger partial charge in [0.05, 0.1) is 52.7 Å². The van der Waals surface area contributed by atoms with Crippen LogP contribution in [0, 0.1) is 0 Å². The zero-order valence-corrected chi connectivity index (χ0v) is 27.1. The van der Waals surface area contributed by atoms with Gasteiger partial charge in [0.1, 0.15) is 5.75 Å². The molecule has 8 rings (SSSR count). The molecule has 0 radical (unpaired) electrons.